The van der Waals surface area contributed by atoms with Gasteiger partial charge in [0.25, 0.3) is 0 Å². The summed E-state index contributed by atoms with van der Waals surface area (Å²) in [6.45, 7) is 7.50. The summed E-state index contributed by atoms with van der Waals surface area (Å²) in [5.41, 5.74) is 3.00. The average Bonchev–Trinajstić information content (AvgIpc) is 3.12. The molecule has 0 aliphatic heterocycles. The number of hydrogen-bond donors (Lipinski definition) is 3. The van der Waals surface area contributed by atoms with Crippen molar-refractivity contribution in [3.05, 3.63) is 17.0 Å². The lowest BCUT2D eigenvalue weighted by Gasteiger charge is -2.20. The van der Waals surface area contributed by atoms with Gasteiger partial charge in [-0.3, -0.25) is 14.7 Å². The molecule has 128 valence electrons. The van der Waals surface area contributed by atoms with Crippen molar-refractivity contribution in [1.29, 1.82) is 0 Å². The molecule has 2 rings (SSSR count). The molecule has 0 bridgehead atoms. The van der Waals surface area contributed by atoms with Crippen molar-refractivity contribution < 1.29 is 9.59 Å². The van der Waals surface area contributed by atoms with E-state index in [0.717, 1.165) is 29.8 Å². The predicted octanol–water partition coefficient (Wildman–Crippen LogP) is 1.77. The molecule has 0 radical (unpaired) electrons. The third-order valence-electron chi connectivity index (χ3n) is 4.69. The van der Waals surface area contributed by atoms with E-state index in [1.807, 2.05) is 20.8 Å². The van der Waals surface area contributed by atoms with Crippen LogP contribution in [0.5, 0.6) is 0 Å². The topological polar surface area (TPSA) is 86.9 Å². The molecule has 1 aliphatic carbocycles. The second-order valence-corrected chi connectivity index (χ2v) is 6.74. The maximum Gasteiger partial charge on any atom is 0.242 e. The molecule has 0 unspecified atom stereocenters. The van der Waals surface area contributed by atoms with E-state index >= 15 is 0 Å². The Morgan fingerprint density at radius 3 is 2.43 bits per heavy atom. The maximum absolute atomic E-state index is 12.3. The van der Waals surface area contributed by atoms with Gasteiger partial charge in [-0.05, 0) is 45.6 Å². The number of aromatic amines is 1. The van der Waals surface area contributed by atoms with Crippen LogP contribution in [0, 0.1) is 19.8 Å². The van der Waals surface area contributed by atoms with Gasteiger partial charge in [0.15, 0.2) is 0 Å². The molecule has 1 heterocycles. The maximum atomic E-state index is 12.3. The number of amides is 2. The quantitative estimate of drug-likeness (QED) is 0.746. The van der Waals surface area contributed by atoms with Gasteiger partial charge in [0, 0.05) is 17.7 Å². The van der Waals surface area contributed by atoms with Crippen molar-refractivity contribution in [3.8, 4) is 0 Å². The van der Waals surface area contributed by atoms with E-state index in [1.165, 1.54) is 12.8 Å². The van der Waals surface area contributed by atoms with Crippen molar-refractivity contribution in [3.63, 3.8) is 0 Å². The summed E-state index contributed by atoms with van der Waals surface area (Å²) in [6.07, 6.45) is 5.05. The molecule has 6 heteroatoms. The Morgan fingerprint density at radius 2 is 1.87 bits per heavy atom. The SMILES string of the molecule is Cc1n[nH]c(C)c1C[C@H](C)C(=O)N[C@@H](C)C(=O)NC1CCCC1. The van der Waals surface area contributed by atoms with E-state index in [1.54, 1.807) is 6.92 Å². The summed E-state index contributed by atoms with van der Waals surface area (Å²) in [6, 6.07) is -0.229. The monoisotopic (exact) mass is 320 g/mol. The molecule has 3 N–H and O–H groups in total. The summed E-state index contributed by atoms with van der Waals surface area (Å²) in [5.74, 6) is -0.390. The Bertz CT molecular complexity index is 541. The predicted molar refractivity (Wildman–Crippen MR) is 88.9 cm³/mol. The van der Waals surface area contributed by atoms with Gasteiger partial charge in [-0.2, -0.15) is 5.10 Å². The molecule has 1 saturated carbocycles. The highest BCUT2D eigenvalue weighted by molar-refractivity contribution is 5.88. The molecule has 1 aromatic rings. The molecular formula is C17H28N4O2. The summed E-state index contributed by atoms with van der Waals surface area (Å²) in [5, 5.41) is 12.9. The van der Waals surface area contributed by atoms with Gasteiger partial charge in [0.1, 0.15) is 6.04 Å². The van der Waals surface area contributed by atoms with Gasteiger partial charge in [-0.15, -0.1) is 0 Å². The summed E-state index contributed by atoms with van der Waals surface area (Å²) < 4.78 is 0. The number of aromatic nitrogens is 2. The molecule has 1 aliphatic rings. The molecule has 1 fully saturated rings. The summed E-state index contributed by atoms with van der Waals surface area (Å²) in [7, 11) is 0. The standard InChI is InChI=1S/C17H28N4O2/c1-10(9-15-11(2)20-21-12(15)3)16(22)18-13(4)17(23)19-14-7-5-6-8-14/h10,13-14H,5-9H2,1-4H3,(H,18,22)(H,19,23)(H,20,21)/t10-,13-/m0/s1. The molecule has 0 aromatic carbocycles. The van der Waals surface area contributed by atoms with E-state index < -0.39 is 6.04 Å². The average molecular weight is 320 g/mol. The fraction of sp³-hybridized carbons (Fsp3) is 0.706. The van der Waals surface area contributed by atoms with Gasteiger partial charge in [-0.1, -0.05) is 19.8 Å². The Labute approximate surface area is 137 Å². The fourth-order valence-corrected chi connectivity index (χ4v) is 3.09. The van der Waals surface area contributed by atoms with E-state index in [2.05, 4.69) is 20.8 Å². The Balaban J connectivity index is 1.83. The van der Waals surface area contributed by atoms with Crippen LogP contribution in [0.15, 0.2) is 0 Å². The minimum Gasteiger partial charge on any atom is -0.352 e. The largest absolute Gasteiger partial charge is 0.352 e. The van der Waals surface area contributed by atoms with Crippen molar-refractivity contribution >= 4 is 11.8 Å². The smallest absolute Gasteiger partial charge is 0.242 e. The second-order valence-electron chi connectivity index (χ2n) is 6.74. The zero-order valence-corrected chi connectivity index (χ0v) is 14.5. The van der Waals surface area contributed by atoms with E-state index in [9.17, 15) is 9.59 Å². The molecule has 2 atom stereocenters. The molecule has 6 nitrogen and oxygen atoms in total. The van der Waals surface area contributed by atoms with Crippen LogP contribution in [0.25, 0.3) is 0 Å². The number of hydrogen-bond acceptors (Lipinski definition) is 3. The van der Waals surface area contributed by atoms with Crippen LogP contribution in [0.4, 0.5) is 0 Å². The highest BCUT2D eigenvalue weighted by Gasteiger charge is 2.24. The van der Waals surface area contributed by atoms with Gasteiger partial charge in [-0.25, -0.2) is 0 Å². The van der Waals surface area contributed by atoms with Crippen molar-refractivity contribution in [1.82, 2.24) is 20.8 Å². The van der Waals surface area contributed by atoms with Gasteiger partial charge >= 0.3 is 0 Å². The first-order chi connectivity index (χ1) is 10.9. The van der Waals surface area contributed by atoms with Gasteiger partial charge < -0.3 is 10.6 Å². The number of H-pyrrole nitrogens is 1. The van der Waals surface area contributed by atoms with Crippen molar-refractivity contribution in [2.24, 2.45) is 5.92 Å². The molecule has 23 heavy (non-hydrogen) atoms. The van der Waals surface area contributed by atoms with E-state index in [0.29, 0.717) is 6.42 Å². The lowest BCUT2D eigenvalue weighted by atomic mass is 9.98. The molecule has 2 amide bonds. The fourth-order valence-electron chi connectivity index (χ4n) is 3.09. The van der Waals surface area contributed by atoms with Crippen LogP contribution < -0.4 is 10.6 Å². The van der Waals surface area contributed by atoms with Gasteiger partial charge in [0.2, 0.25) is 11.8 Å². The van der Waals surface area contributed by atoms with Crippen LogP contribution in [-0.4, -0.2) is 34.1 Å². The zero-order chi connectivity index (χ0) is 17.0. The second kappa shape index (κ2) is 7.62. The molecular weight excluding hydrogens is 292 g/mol. The third kappa shape index (κ3) is 4.56. The van der Waals surface area contributed by atoms with Crippen LogP contribution in [0.3, 0.4) is 0 Å². The normalized spacial score (nSPS) is 17.7. The summed E-state index contributed by atoms with van der Waals surface area (Å²) in [4.78, 5) is 24.5. The molecule has 0 saturated heterocycles. The Morgan fingerprint density at radius 1 is 1.22 bits per heavy atom. The van der Waals surface area contributed by atoms with Crippen molar-refractivity contribution in [2.75, 3.05) is 0 Å². The first kappa shape index (κ1) is 17.5. The van der Waals surface area contributed by atoms with E-state index in [4.69, 9.17) is 0 Å². The number of nitrogens with one attached hydrogen (secondary N) is 3. The highest BCUT2D eigenvalue weighted by atomic mass is 16.2. The number of aryl methyl sites for hydroxylation is 2. The van der Waals surface area contributed by atoms with Crippen LogP contribution in [0.2, 0.25) is 0 Å². The first-order valence-corrected chi connectivity index (χ1v) is 8.49. The van der Waals surface area contributed by atoms with Gasteiger partial charge in [0.05, 0.1) is 5.69 Å². The minimum atomic E-state index is -0.503. The molecule has 1 aromatic heterocycles. The van der Waals surface area contributed by atoms with Crippen LogP contribution >= 0.6 is 0 Å². The lowest BCUT2D eigenvalue weighted by Crippen LogP contribution is -2.48. The minimum absolute atomic E-state index is 0.0897. The number of rotatable bonds is 6. The number of carbonyl (C=O) groups excluding carboxylic acids is 2. The Kier molecular flexibility index (Phi) is 5.80. The molecule has 0 spiro atoms. The first-order valence-electron chi connectivity index (χ1n) is 8.49. The van der Waals surface area contributed by atoms with Crippen LogP contribution in [-0.2, 0) is 16.0 Å². The zero-order valence-electron chi connectivity index (χ0n) is 14.5. The number of carbonyl (C=O) groups is 2. The van der Waals surface area contributed by atoms with Crippen LogP contribution in [0.1, 0.15) is 56.5 Å². The van der Waals surface area contributed by atoms with E-state index in [-0.39, 0.29) is 23.8 Å². The lowest BCUT2D eigenvalue weighted by molar-refractivity contribution is -0.130. The van der Waals surface area contributed by atoms with Crippen molar-refractivity contribution in [2.45, 2.75) is 71.9 Å². The Hall–Kier alpha value is -1.85. The third-order valence-corrected chi connectivity index (χ3v) is 4.69. The summed E-state index contributed by atoms with van der Waals surface area (Å²) >= 11 is 0. The highest BCUT2D eigenvalue weighted by Crippen LogP contribution is 2.18. The number of nitrogens with zero attached hydrogens (tertiary/aromatic N) is 1.